The van der Waals surface area contributed by atoms with Crippen LogP contribution in [0.25, 0.3) is 0 Å². The van der Waals surface area contributed by atoms with Gasteiger partial charge in [-0.15, -0.1) is 0 Å². The highest BCUT2D eigenvalue weighted by Crippen LogP contribution is 2.18. The highest BCUT2D eigenvalue weighted by molar-refractivity contribution is 4.65. The summed E-state index contributed by atoms with van der Waals surface area (Å²) in [6.45, 7) is 4.62. The first-order valence-electron chi connectivity index (χ1n) is 22.7. The molecule has 1 radical (unpaired) electrons. The molecule has 0 amide bonds. The fourth-order valence-electron chi connectivity index (χ4n) is 7.41. The van der Waals surface area contributed by atoms with E-state index in [9.17, 15) is 0 Å². The summed E-state index contributed by atoms with van der Waals surface area (Å²) in [6.07, 6.45) is 65.9. The van der Waals surface area contributed by atoms with Crippen LogP contribution in [0.1, 0.15) is 290 Å². The highest BCUT2D eigenvalue weighted by Gasteiger charge is 1.98. The van der Waals surface area contributed by atoms with E-state index in [1.165, 1.54) is 276 Å². The maximum absolute atomic E-state index is 2.60. The van der Waals surface area contributed by atoms with Crippen molar-refractivity contribution in [2.75, 3.05) is 0 Å². The molecule has 0 rings (SSSR count). The zero-order valence-corrected chi connectivity index (χ0v) is 33.0. The first kappa shape index (κ1) is 46.0. The quantitative estimate of drug-likeness (QED) is 0.0579. The fraction of sp³-hybridized carbons (Fsp3) is 0.978. The number of hydrogen-bond acceptors (Lipinski definition) is 0. The second-order valence-electron chi connectivity index (χ2n) is 15.7. The van der Waals surface area contributed by atoms with Gasteiger partial charge in [0.05, 0.1) is 0 Å². The third-order valence-electron chi connectivity index (χ3n) is 10.8. The van der Waals surface area contributed by atoms with Gasteiger partial charge in [0.25, 0.3) is 0 Å². The van der Waals surface area contributed by atoms with Crippen molar-refractivity contribution in [1.29, 1.82) is 0 Å². The van der Waals surface area contributed by atoms with E-state index < -0.39 is 0 Å². The van der Waals surface area contributed by atoms with Crippen LogP contribution < -0.4 is 0 Å². The van der Waals surface area contributed by atoms with Gasteiger partial charge in [-0.1, -0.05) is 290 Å². The maximum Gasteiger partial charge on any atom is -0.0386 e. The second-order valence-corrected chi connectivity index (χ2v) is 15.7. The summed E-state index contributed by atoms with van der Waals surface area (Å²) in [6, 6.07) is 0. The predicted molar refractivity (Wildman–Crippen MR) is 214 cm³/mol. The van der Waals surface area contributed by atoms with Gasteiger partial charge in [0, 0.05) is 0 Å². The first-order chi connectivity index (χ1) is 22.9. The molecule has 0 N–H and O–H groups in total. The van der Waals surface area contributed by atoms with Gasteiger partial charge in [-0.25, -0.2) is 0 Å². The summed E-state index contributed by atoms with van der Waals surface area (Å²) in [5.74, 6) is 0. The Labute approximate surface area is 295 Å². The molecular formula is C46H93. The fourth-order valence-corrected chi connectivity index (χ4v) is 7.41. The van der Waals surface area contributed by atoms with Gasteiger partial charge >= 0.3 is 0 Å². The topological polar surface area (TPSA) is 0 Å². The lowest BCUT2D eigenvalue weighted by Gasteiger charge is -2.05. The van der Waals surface area contributed by atoms with Gasteiger partial charge < -0.3 is 0 Å². The van der Waals surface area contributed by atoms with Crippen LogP contribution >= 0.6 is 0 Å². The number of rotatable bonds is 43. The van der Waals surface area contributed by atoms with E-state index in [1.807, 2.05) is 0 Å². The molecule has 0 saturated carbocycles. The van der Waals surface area contributed by atoms with E-state index in [2.05, 4.69) is 20.3 Å². The van der Waals surface area contributed by atoms with Crippen molar-refractivity contribution in [3.63, 3.8) is 0 Å². The smallest absolute Gasteiger partial charge is 0.0386 e. The van der Waals surface area contributed by atoms with Crippen molar-refractivity contribution in [3.8, 4) is 0 Å². The standard InChI is InChI=1S/C46H93/c1-3-5-7-9-11-13-15-17-19-21-23-25-27-29-31-33-35-37-39-41-43-45-46-44-42-40-38-36-34-32-30-28-26-24-22-20-18-16-14-12-10-8-6-4-2/h45H,3-44,46H2,1-2H3. The summed E-state index contributed by atoms with van der Waals surface area (Å²) in [4.78, 5) is 0. The molecule has 0 aromatic carbocycles. The highest BCUT2D eigenvalue weighted by atomic mass is 14.0. The molecule has 0 nitrogen and oxygen atoms in total. The van der Waals surface area contributed by atoms with Crippen LogP contribution in [0.2, 0.25) is 0 Å². The van der Waals surface area contributed by atoms with E-state index in [-0.39, 0.29) is 0 Å². The van der Waals surface area contributed by atoms with E-state index >= 15 is 0 Å². The van der Waals surface area contributed by atoms with Crippen molar-refractivity contribution in [2.45, 2.75) is 290 Å². The van der Waals surface area contributed by atoms with Gasteiger partial charge in [0.1, 0.15) is 0 Å². The minimum atomic E-state index is 1.37. The Morgan fingerprint density at radius 2 is 0.304 bits per heavy atom. The van der Waals surface area contributed by atoms with Gasteiger partial charge in [0.15, 0.2) is 0 Å². The Hall–Kier alpha value is 0. The monoisotopic (exact) mass is 646 g/mol. The predicted octanol–water partition coefficient (Wildman–Crippen LogP) is 18.0. The molecule has 0 heteroatoms. The number of unbranched alkanes of at least 4 members (excludes halogenated alkanes) is 43. The lowest BCUT2D eigenvalue weighted by atomic mass is 10.0. The Bertz CT molecular complexity index is 436. The molecule has 0 aromatic heterocycles. The zero-order chi connectivity index (χ0) is 33.1. The molecule has 277 valence electrons. The lowest BCUT2D eigenvalue weighted by Crippen LogP contribution is -1.85. The van der Waals surface area contributed by atoms with Crippen molar-refractivity contribution in [1.82, 2.24) is 0 Å². The first-order valence-corrected chi connectivity index (χ1v) is 22.7. The Morgan fingerprint density at radius 3 is 0.457 bits per heavy atom. The van der Waals surface area contributed by atoms with Crippen molar-refractivity contribution in [3.05, 3.63) is 6.42 Å². The molecule has 0 spiro atoms. The molecule has 0 aliphatic heterocycles. The van der Waals surface area contributed by atoms with Crippen LogP contribution in [0.4, 0.5) is 0 Å². The molecule has 0 aromatic rings. The molecule has 0 heterocycles. The zero-order valence-electron chi connectivity index (χ0n) is 33.0. The second kappa shape index (κ2) is 45.0. The Morgan fingerprint density at radius 1 is 0.174 bits per heavy atom. The van der Waals surface area contributed by atoms with Crippen molar-refractivity contribution in [2.24, 2.45) is 0 Å². The summed E-state index contributed by atoms with van der Waals surface area (Å²) in [5.41, 5.74) is 0. The van der Waals surface area contributed by atoms with Gasteiger partial charge in [-0.05, 0) is 6.42 Å². The third-order valence-corrected chi connectivity index (χ3v) is 10.8. The summed E-state index contributed by atoms with van der Waals surface area (Å²) < 4.78 is 0. The molecule has 0 fully saturated rings. The van der Waals surface area contributed by atoms with Gasteiger partial charge in [-0.3, -0.25) is 0 Å². The van der Waals surface area contributed by atoms with E-state index in [4.69, 9.17) is 0 Å². The SMILES string of the molecule is CCCCCCCCCCCCCCCCCCCCCC[CH]CCCCCCCCCCCCCCCCCCCCCCC. The van der Waals surface area contributed by atoms with Gasteiger partial charge in [0.2, 0.25) is 0 Å². The molecule has 0 aliphatic rings. The molecule has 0 bridgehead atoms. The molecule has 0 unspecified atom stereocenters. The van der Waals surface area contributed by atoms with Crippen LogP contribution in [-0.2, 0) is 0 Å². The van der Waals surface area contributed by atoms with Crippen LogP contribution in [0, 0.1) is 6.42 Å². The van der Waals surface area contributed by atoms with E-state index in [0.29, 0.717) is 0 Å². The molecule has 0 saturated heterocycles. The van der Waals surface area contributed by atoms with Crippen LogP contribution in [0.15, 0.2) is 0 Å². The molecule has 0 aliphatic carbocycles. The summed E-state index contributed by atoms with van der Waals surface area (Å²) in [7, 11) is 0. The van der Waals surface area contributed by atoms with Crippen LogP contribution in [0.5, 0.6) is 0 Å². The average molecular weight is 646 g/mol. The van der Waals surface area contributed by atoms with Gasteiger partial charge in [-0.2, -0.15) is 0 Å². The third kappa shape index (κ3) is 44.0. The van der Waals surface area contributed by atoms with Crippen LogP contribution in [-0.4, -0.2) is 0 Å². The summed E-state index contributed by atoms with van der Waals surface area (Å²) in [5, 5.41) is 0. The summed E-state index contributed by atoms with van der Waals surface area (Å²) >= 11 is 0. The van der Waals surface area contributed by atoms with Crippen molar-refractivity contribution >= 4 is 0 Å². The minimum absolute atomic E-state index is 1.37. The molecular weight excluding hydrogens is 553 g/mol. The number of hydrogen-bond donors (Lipinski definition) is 0. The Balaban J connectivity index is 3.03. The maximum atomic E-state index is 2.60. The van der Waals surface area contributed by atoms with Crippen molar-refractivity contribution < 1.29 is 0 Å². The Kier molecular flexibility index (Phi) is 45.0. The largest absolute Gasteiger partial charge is 0.0654 e. The normalized spacial score (nSPS) is 11.6. The minimum Gasteiger partial charge on any atom is -0.0654 e. The molecule has 46 heavy (non-hydrogen) atoms. The van der Waals surface area contributed by atoms with E-state index in [1.54, 1.807) is 0 Å². The molecule has 0 atom stereocenters. The lowest BCUT2D eigenvalue weighted by molar-refractivity contribution is 0.518. The van der Waals surface area contributed by atoms with Crippen LogP contribution in [0.3, 0.4) is 0 Å². The average Bonchev–Trinajstić information content (AvgIpc) is 3.07. The van der Waals surface area contributed by atoms with E-state index in [0.717, 1.165) is 0 Å².